The number of hydrogen-bond donors (Lipinski definition) is 1. The average molecular weight is 260 g/mol. The average Bonchev–Trinajstić information content (AvgIpc) is 2.46. The molecule has 0 unspecified atom stereocenters. The van der Waals surface area contributed by atoms with Gasteiger partial charge in [-0.3, -0.25) is 0 Å². The van der Waals surface area contributed by atoms with Gasteiger partial charge in [0, 0.05) is 12.6 Å². The van der Waals surface area contributed by atoms with Crippen LogP contribution in [0.5, 0.6) is 0 Å². The SMILES string of the molecule is CCN1CCC(NCc2ccc(C(C)C)cc2)CC1. The van der Waals surface area contributed by atoms with Crippen molar-refractivity contribution >= 4 is 0 Å². The Balaban J connectivity index is 1.76. The smallest absolute Gasteiger partial charge is 0.0208 e. The van der Waals surface area contributed by atoms with Crippen LogP contribution >= 0.6 is 0 Å². The molecular formula is C17H28N2. The fourth-order valence-corrected chi connectivity index (χ4v) is 2.74. The molecule has 0 spiro atoms. The van der Waals surface area contributed by atoms with Gasteiger partial charge in [-0.1, -0.05) is 45.0 Å². The number of rotatable bonds is 5. The van der Waals surface area contributed by atoms with Gasteiger partial charge in [0.05, 0.1) is 0 Å². The lowest BCUT2D eigenvalue weighted by molar-refractivity contribution is 0.206. The van der Waals surface area contributed by atoms with Crippen molar-refractivity contribution in [3.8, 4) is 0 Å². The van der Waals surface area contributed by atoms with Gasteiger partial charge in [0.2, 0.25) is 0 Å². The van der Waals surface area contributed by atoms with E-state index in [9.17, 15) is 0 Å². The minimum Gasteiger partial charge on any atom is -0.310 e. The molecule has 1 aromatic carbocycles. The van der Waals surface area contributed by atoms with E-state index in [1.807, 2.05) is 0 Å². The maximum absolute atomic E-state index is 3.70. The van der Waals surface area contributed by atoms with Crippen molar-refractivity contribution in [3.05, 3.63) is 35.4 Å². The maximum atomic E-state index is 3.70. The molecule has 0 atom stereocenters. The number of likely N-dealkylation sites (tertiary alicyclic amines) is 1. The second-order valence-electron chi connectivity index (χ2n) is 5.99. The first-order valence-corrected chi connectivity index (χ1v) is 7.73. The van der Waals surface area contributed by atoms with Crippen LogP contribution in [0.4, 0.5) is 0 Å². The summed E-state index contributed by atoms with van der Waals surface area (Å²) in [6, 6.07) is 9.77. The molecule has 2 nitrogen and oxygen atoms in total. The summed E-state index contributed by atoms with van der Waals surface area (Å²) in [7, 11) is 0. The molecule has 2 rings (SSSR count). The topological polar surface area (TPSA) is 15.3 Å². The van der Waals surface area contributed by atoms with Gasteiger partial charge in [0.1, 0.15) is 0 Å². The first-order valence-electron chi connectivity index (χ1n) is 7.73. The first kappa shape index (κ1) is 14.5. The van der Waals surface area contributed by atoms with E-state index >= 15 is 0 Å². The third-order valence-corrected chi connectivity index (χ3v) is 4.28. The lowest BCUT2D eigenvalue weighted by Crippen LogP contribution is -2.42. The molecule has 0 radical (unpaired) electrons. The molecule has 0 aromatic heterocycles. The molecule has 0 amide bonds. The summed E-state index contributed by atoms with van der Waals surface area (Å²) in [6.07, 6.45) is 2.58. The van der Waals surface area contributed by atoms with Gasteiger partial charge in [0.15, 0.2) is 0 Å². The van der Waals surface area contributed by atoms with E-state index in [2.05, 4.69) is 55.3 Å². The summed E-state index contributed by atoms with van der Waals surface area (Å²) in [4.78, 5) is 2.54. The van der Waals surface area contributed by atoms with E-state index in [1.54, 1.807) is 0 Å². The van der Waals surface area contributed by atoms with Crippen LogP contribution in [0.3, 0.4) is 0 Å². The van der Waals surface area contributed by atoms with Crippen molar-refractivity contribution in [3.63, 3.8) is 0 Å². The molecule has 1 heterocycles. The van der Waals surface area contributed by atoms with Crippen LogP contribution in [0, 0.1) is 0 Å². The summed E-state index contributed by atoms with van der Waals surface area (Å²) >= 11 is 0. The molecular weight excluding hydrogens is 232 g/mol. The zero-order chi connectivity index (χ0) is 13.7. The molecule has 0 aliphatic carbocycles. The first-order chi connectivity index (χ1) is 9.19. The molecule has 106 valence electrons. The molecule has 1 N–H and O–H groups in total. The molecule has 2 heteroatoms. The number of benzene rings is 1. The predicted octanol–water partition coefficient (Wildman–Crippen LogP) is 3.38. The van der Waals surface area contributed by atoms with Crippen LogP contribution < -0.4 is 5.32 Å². The molecule has 0 saturated carbocycles. The normalized spacial score (nSPS) is 18.1. The highest BCUT2D eigenvalue weighted by molar-refractivity contribution is 5.24. The maximum Gasteiger partial charge on any atom is 0.0208 e. The highest BCUT2D eigenvalue weighted by atomic mass is 15.1. The molecule has 19 heavy (non-hydrogen) atoms. The Morgan fingerprint density at radius 3 is 2.32 bits per heavy atom. The Bertz CT molecular complexity index is 361. The fraction of sp³-hybridized carbons (Fsp3) is 0.647. The Morgan fingerprint density at radius 1 is 1.16 bits per heavy atom. The quantitative estimate of drug-likeness (QED) is 0.873. The molecule has 1 aromatic rings. The highest BCUT2D eigenvalue weighted by Gasteiger charge is 2.17. The van der Waals surface area contributed by atoms with Crippen molar-refractivity contribution in [1.82, 2.24) is 10.2 Å². The van der Waals surface area contributed by atoms with Crippen LogP contribution in [0.25, 0.3) is 0 Å². The van der Waals surface area contributed by atoms with Gasteiger partial charge in [-0.15, -0.1) is 0 Å². The zero-order valence-electron chi connectivity index (χ0n) is 12.7. The van der Waals surface area contributed by atoms with E-state index in [1.165, 1.54) is 43.6 Å². The van der Waals surface area contributed by atoms with Crippen LogP contribution in [0.1, 0.15) is 50.7 Å². The molecule has 1 fully saturated rings. The summed E-state index contributed by atoms with van der Waals surface area (Å²) in [5.74, 6) is 0.625. The fourth-order valence-electron chi connectivity index (χ4n) is 2.74. The Morgan fingerprint density at radius 2 is 1.79 bits per heavy atom. The van der Waals surface area contributed by atoms with Crippen LogP contribution in [-0.4, -0.2) is 30.6 Å². The molecule has 1 aliphatic rings. The molecule has 0 bridgehead atoms. The van der Waals surface area contributed by atoms with Crippen LogP contribution in [0.2, 0.25) is 0 Å². The number of nitrogens with zero attached hydrogens (tertiary/aromatic N) is 1. The van der Waals surface area contributed by atoms with Gasteiger partial charge < -0.3 is 10.2 Å². The van der Waals surface area contributed by atoms with E-state index in [-0.39, 0.29) is 0 Å². The van der Waals surface area contributed by atoms with Crippen LogP contribution in [-0.2, 0) is 6.54 Å². The number of nitrogens with one attached hydrogen (secondary N) is 1. The van der Waals surface area contributed by atoms with E-state index < -0.39 is 0 Å². The highest BCUT2D eigenvalue weighted by Crippen LogP contribution is 2.15. The van der Waals surface area contributed by atoms with Crippen molar-refractivity contribution in [2.24, 2.45) is 0 Å². The second-order valence-corrected chi connectivity index (χ2v) is 5.99. The van der Waals surface area contributed by atoms with Gasteiger partial charge in [-0.2, -0.15) is 0 Å². The predicted molar refractivity (Wildman–Crippen MR) is 82.5 cm³/mol. The molecule has 1 aliphatic heterocycles. The third-order valence-electron chi connectivity index (χ3n) is 4.28. The Labute approximate surface area is 118 Å². The second kappa shape index (κ2) is 7.06. The standard InChI is InChI=1S/C17H28N2/c1-4-19-11-9-17(10-12-19)18-13-15-5-7-16(8-6-15)14(2)3/h5-8,14,17-18H,4,9-13H2,1-3H3. The minimum atomic E-state index is 0.625. The number of piperidine rings is 1. The van der Waals surface area contributed by atoms with E-state index in [0.29, 0.717) is 12.0 Å². The van der Waals surface area contributed by atoms with Gasteiger partial charge >= 0.3 is 0 Å². The Hall–Kier alpha value is -0.860. The number of hydrogen-bond acceptors (Lipinski definition) is 2. The summed E-state index contributed by atoms with van der Waals surface area (Å²) in [5, 5.41) is 3.70. The minimum absolute atomic E-state index is 0.625. The zero-order valence-corrected chi connectivity index (χ0v) is 12.7. The van der Waals surface area contributed by atoms with Crippen molar-refractivity contribution in [2.45, 2.75) is 52.1 Å². The van der Waals surface area contributed by atoms with Gasteiger partial charge in [0.25, 0.3) is 0 Å². The van der Waals surface area contributed by atoms with E-state index in [0.717, 1.165) is 6.54 Å². The van der Waals surface area contributed by atoms with Gasteiger partial charge in [-0.05, 0) is 49.5 Å². The third kappa shape index (κ3) is 4.32. The van der Waals surface area contributed by atoms with Crippen LogP contribution in [0.15, 0.2) is 24.3 Å². The largest absolute Gasteiger partial charge is 0.310 e. The van der Waals surface area contributed by atoms with Crippen molar-refractivity contribution < 1.29 is 0 Å². The van der Waals surface area contributed by atoms with E-state index in [4.69, 9.17) is 0 Å². The van der Waals surface area contributed by atoms with Crippen molar-refractivity contribution in [2.75, 3.05) is 19.6 Å². The lowest BCUT2D eigenvalue weighted by atomic mass is 10.0. The summed E-state index contributed by atoms with van der Waals surface area (Å²) < 4.78 is 0. The van der Waals surface area contributed by atoms with Gasteiger partial charge in [-0.25, -0.2) is 0 Å². The monoisotopic (exact) mass is 260 g/mol. The lowest BCUT2D eigenvalue weighted by Gasteiger charge is -2.31. The summed E-state index contributed by atoms with van der Waals surface area (Å²) in [6.45, 7) is 11.5. The van der Waals surface area contributed by atoms with Crippen molar-refractivity contribution in [1.29, 1.82) is 0 Å². The molecule has 1 saturated heterocycles. The summed E-state index contributed by atoms with van der Waals surface area (Å²) in [5.41, 5.74) is 2.84. The Kier molecular flexibility index (Phi) is 5.41.